The van der Waals surface area contributed by atoms with Crippen LogP contribution in [0.5, 0.6) is 0 Å². The predicted molar refractivity (Wildman–Crippen MR) is 125 cm³/mol. The molecule has 32 heavy (non-hydrogen) atoms. The Balaban J connectivity index is 1.56. The van der Waals surface area contributed by atoms with E-state index in [4.69, 9.17) is 0 Å². The van der Waals surface area contributed by atoms with Gasteiger partial charge in [-0.25, -0.2) is 0 Å². The van der Waals surface area contributed by atoms with Gasteiger partial charge >= 0.3 is 5.97 Å². The molecule has 10 atom stereocenters. The van der Waals surface area contributed by atoms with Gasteiger partial charge in [-0.3, -0.25) is 4.79 Å². The average molecular weight is 445 g/mol. The number of rotatable bonds is 1. The zero-order valence-electron chi connectivity index (χ0n) is 20.8. The minimum absolute atomic E-state index is 0.0332. The van der Waals surface area contributed by atoms with Crippen molar-refractivity contribution in [3.05, 3.63) is 11.5 Å². The summed E-state index contributed by atoms with van der Waals surface area (Å²) >= 11 is 0. The topological polar surface area (TPSA) is 77.8 Å². The van der Waals surface area contributed by atoms with Gasteiger partial charge in [0, 0.05) is 12.3 Å². The molecule has 5 rings (SSSR count). The third-order valence-corrected chi connectivity index (χ3v) is 12.5. The predicted octanol–water partition coefficient (Wildman–Crippen LogP) is 7.11. The second-order valence-corrected chi connectivity index (χ2v) is 13.5. The van der Waals surface area contributed by atoms with Crippen LogP contribution in [0.25, 0.3) is 0 Å². The standard InChI is InChI=1S/C28H44O4/c1-16-6-9-25(3)12-13-26(4)18(19(25)14-16)7-10-27(5)21(26)8-11-28(24(31)32)17(2)23(30)20(29)15-22(27)28/h16-19,21-22,29-30H,6-15H2,1-5H3,(H,31,32). The molecule has 4 saturated carbocycles. The van der Waals surface area contributed by atoms with Crippen LogP contribution in [0.1, 0.15) is 98.8 Å². The van der Waals surface area contributed by atoms with Crippen molar-refractivity contribution >= 4 is 5.97 Å². The molecule has 0 radical (unpaired) electrons. The van der Waals surface area contributed by atoms with E-state index in [0.29, 0.717) is 24.2 Å². The van der Waals surface area contributed by atoms with E-state index in [1.165, 1.54) is 38.5 Å². The first-order valence-electron chi connectivity index (χ1n) is 13.2. The molecule has 10 unspecified atom stereocenters. The number of carboxylic acid groups (broad SMARTS) is 1. The van der Waals surface area contributed by atoms with Crippen LogP contribution in [0, 0.1) is 57.2 Å². The fraction of sp³-hybridized carbons (Fsp3) is 0.893. The van der Waals surface area contributed by atoms with Gasteiger partial charge in [0.05, 0.1) is 5.41 Å². The van der Waals surface area contributed by atoms with Crippen LogP contribution in [0.3, 0.4) is 0 Å². The molecule has 180 valence electrons. The SMILES string of the molecule is CC1CCC2(C)CCC3(C)C(CCC4(C)C3CCC3(C(=O)O)C(C)C(O)=C(O)CC43)C2C1. The van der Waals surface area contributed by atoms with Gasteiger partial charge in [-0.05, 0) is 97.2 Å². The second kappa shape index (κ2) is 6.92. The smallest absolute Gasteiger partial charge is 0.310 e. The van der Waals surface area contributed by atoms with E-state index in [0.717, 1.165) is 30.6 Å². The summed E-state index contributed by atoms with van der Waals surface area (Å²) in [6, 6.07) is 0. The third-order valence-electron chi connectivity index (χ3n) is 12.5. The van der Waals surface area contributed by atoms with E-state index in [9.17, 15) is 20.1 Å². The molecular formula is C28H44O4. The van der Waals surface area contributed by atoms with Crippen molar-refractivity contribution in [2.75, 3.05) is 0 Å². The summed E-state index contributed by atoms with van der Waals surface area (Å²) in [7, 11) is 0. The molecule has 0 saturated heterocycles. The van der Waals surface area contributed by atoms with Crippen LogP contribution in [-0.2, 0) is 4.79 Å². The number of allylic oxidation sites excluding steroid dienone is 2. The van der Waals surface area contributed by atoms with Crippen molar-refractivity contribution in [2.24, 2.45) is 57.2 Å². The fourth-order valence-electron chi connectivity index (χ4n) is 10.5. The lowest BCUT2D eigenvalue weighted by atomic mass is 9.34. The van der Waals surface area contributed by atoms with Crippen molar-refractivity contribution in [2.45, 2.75) is 98.8 Å². The summed E-state index contributed by atoms with van der Waals surface area (Å²) in [5.74, 6) is 1.36. The molecule has 0 aromatic rings. The zero-order valence-corrected chi connectivity index (χ0v) is 20.8. The quantitative estimate of drug-likeness (QED) is 0.403. The van der Waals surface area contributed by atoms with Gasteiger partial charge in [0.1, 0.15) is 11.5 Å². The third kappa shape index (κ3) is 2.64. The first-order valence-corrected chi connectivity index (χ1v) is 13.2. The van der Waals surface area contributed by atoms with E-state index in [-0.39, 0.29) is 28.3 Å². The Morgan fingerprint density at radius 3 is 2.25 bits per heavy atom. The molecule has 5 aliphatic carbocycles. The van der Waals surface area contributed by atoms with Crippen LogP contribution < -0.4 is 0 Å². The first-order chi connectivity index (χ1) is 14.9. The lowest BCUT2D eigenvalue weighted by Crippen LogP contribution is -2.65. The summed E-state index contributed by atoms with van der Waals surface area (Å²) in [4.78, 5) is 12.8. The van der Waals surface area contributed by atoms with E-state index in [1.807, 2.05) is 6.92 Å². The highest BCUT2D eigenvalue weighted by atomic mass is 16.4. The Kier molecular flexibility index (Phi) is 4.88. The molecular weight excluding hydrogens is 400 g/mol. The summed E-state index contributed by atoms with van der Waals surface area (Å²) in [5.41, 5.74) is -0.344. The van der Waals surface area contributed by atoms with Gasteiger partial charge in [0.15, 0.2) is 0 Å². The van der Waals surface area contributed by atoms with Crippen LogP contribution in [0.4, 0.5) is 0 Å². The molecule has 3 N–H and O–H groups in total. The van der Waals surface area contributed by atoms with Crippen molar-refractivity contribution in [1.29, 1.82) is 0 Å². The Morgan fingerprint density at radius 2 is 1.56 bits per heavy atom. The molecule has 4 heteroatoms. The Labute approximate surface area is 193 Å². The number of carboxylic acids is 1. The zero-order chi connectivity index (χ0) is 23.3. The fourth-order valence-corrected chi connectivity index (χ4v) is 10.5. The molecule has 0 spiro atoms. The monoisotopic (exact) mass is 444 g/mol. The minimum Gasteiger partial charge on any atom is -0.509 e. The lowest BCUT2D eigenvalue weighted by molar-refractivity contribution is -0.223. The molecule has 0 aromatic carbocycles. The lowest BCUT2D eigenvalue weighted by Gasteiger charge is -2.70. The molecule has 0 amide bonds. The molecule has 4 nitrogen and oxygen atoms in total. The van der Waals surface area contributed by atoms with Gasteiger partial charge in [-0.2, -0.15) is 0 Å². The normalized spacial score (nSPS) is 55.3. The number of fused-ring (bicyclic) bond motifs is 7. The average Bonchev–Trinajstić information content (AvgIpc) is 2.73. The summed E-state index contributed by atoms with van der Waals surface area (Å²) in [6.45, 7) is 11.7. The molecule has 0 aromatic heterocycles. The van der Waals surface area contributed by atoms with E-state index in [1.54, 1.807) is 0 Å². The summed E-state index contributed by atoms with van der Waals surface area (Å²) < 4.78 is 0. The number of aliphatic carboxylic acids is 1. The Morgan fingerprint density at radius 1 is 0.844 bits per heavy atom. The Hall–Kier alpha value is -1.19. The van der Waals surface area contributed by atoms with Crippen molar-refractivity contribution in [1.82, 2.24) is 0 Å². The highest BCUT2D eigenvalue weighted by Gasteiger charge is 2.69. The summed E-state index contributed by atoms with van der Waals surface area (Å²) in [5, 5.41) is 31.7. The summed E-state index contributed by atoms with van der Waals surface area (Å²) in [6.07, 6.45) is 10.8. The molecule has 0 aliphatic heterocycles. The van der Waals surface area contributed by atoms with Gasteiger partial charge in [-0.1, -0.05) is 41.0 Å². The number of hydrogen-bond acceptors (Lipinski definition) is 3. The minimum atomic E-state index is -0.965. The molecule has 4 fully saturated rings. The van der Waals surface area contributed by atoms with Crippen LogP contribution in [-0.4, -0.2) is 21.3 Å². The number of hydrogen-bond donors (Lipinski definition) is 3. The van der Waals surface area contributed by atoms with E-state index < -0.39 is 17.3 Å². The van der Waals surface area contributed by atoms with Gasteiger partial charge < -0.3 is 15.3 Å². The maximum Gasteiger partial charge on any atom is 0.310 e. The number of carbonyl (C=O) groups is 1. The van der Waals surface area contributed by atoms with Gasteiger partial charge in [0.25, 0.3) is 0 Å². The van der Waals surface area contributed by atoms with Crippen LogP contribution in [0.15, 0.2) is 11.5 Å². The van der Waals surface area contributed by atoms with Crippen molar-refractivity contribution < 1.29 is 20.1 Å². The van der Waals surface area contributed by atoms with E-state index in [2.05, 4.69) is 27.7 Å². The van der Waals surface area contributed by atoms with Crippen molar-refractivity contribution in [3.8, 4) is 0 Å². The van der Waals surface area contributed by atoms with E-state index >= 15 is 0 Å². The number of aliphatic hydroxyl groups is 2. The van der Waals surface area contributed by atoms with Crippen LogP contribution >= 0.6 is 0 Å². The molecule has 5 aliphatic rings. The number of aliphatic hydroxyl groups excluding tert-OH is 2. The second-order valence-electron chi connectivity index (χ2n) is 13.5. The molecule has 0 heterocycles. The maximum atomic E-state index is 12.8. The van der Waals surface area contributed by atoms with Crippen molar-refractivity contribution in [3.63, 3.8) is 0 Å². The first kappa shape index (κ1) is 22.6. The van der Waals surface area contributed by atoms with Crippen LogP contribution in [0.2, 0.25) is 0 Å². The maximum absolute atomic E-state index is 12.8. The Bertz CT molecular complexity index is 848. The van der Waals surface area contributed by atoms with Gasteiger partial charge in [0.2, 0.25) is 0 Å². The highest BCUT2D eigenvalue weighted by molar-refractivity contribution is 5.77. The molecule has 0 bridgehead atoms. The highest BCUT2D eigenvalue weighted by Crippen LogP contribution is 2.74. The largest absolute Gasteiger partial charge is 0.509 e. The van der Waals surface area contributed by atoms with Gasteiger partial charge in [-0.15, -0.1) is 0 Å².